The Labute approximate surface area is 141 Å². The van der Waals surface area contributed by atoms with Crippen molar-refractivity contribution < 1.29 is 9.53 Å². The molecule has 2 aromatic rings. The lowest BCUT2D eigenvalue weighted by Crippen LogP contribution is -2.29. The number of nitrogens with zero attached hydrogens (tertiary/aromatic N) is 1. The van der Waals surface area contributed by atoms with E-state index in [-0.39, 0.29) is 5.91 Å². The van der Waals surface area contributed by atoms with Gasteiger partial charge in [0.25, 0.3) is 5.91 Å². The third-order valence-corrected chi connectivity index (χ3v) is 4.78. The van der Waals surface area contributed by atoms with E-state index in [1.807, 2.05) is 24.3 Å². The molecule has 0 saturated heterocycles. The zero-order chi connectivity index (χ0) is 16.4. The molecule has 1 aliphatic carbocycles. The van der Waals surface area contributed by atoms with Gasteiger partial charge in [-0.1, -0.05) is 18.2 Å². The Morgan fingerprint density at radius 3 is 3.04 bits per heavy atom. The predicted octanol–water partition coefficient (Wildman–Crippen LogP) is 1.92. The van der Waals surface area contributed by atoms with Gasteiger partial charge < -0.3 is 15.4 Å². The molecular weight excluding hydrogens is 304 g/mol. The fourth-order valence-corrected chi connectivity index (χ4v) is 3.11. The number of aromatic amines is 1. The van der Waals surface area contributed by atoms with Crippen molar-refractivity contribution in [2.45, 2.75) is 44.9 Å². The Bertz CT molecular complexity index is 736. The quantitative estimate of drug-likeness (QED) is 0.784. The molecule has 1 fully saturated rings. The molecular formula is C18H22N4O2. The van der Waals surface area contributed by atoms with Crippen LogP contribution in [0.1, 0.15) is 46.6 Å². The summed E-state index contributed by atoms with van der Waals surface area (Å²) >= 11 is 0. The first-order valence-electron chi connectivity index (χ1n) is 8.61. The Balaban J connectivity index is 1.43. The van der Waals surface area contributed by atoms with Crippen LogP contribution < -0.4 is 15.4 Å². The molecule has 4 rings (SSSR count). The molecule has 1 aromatic carbocycles. The fourth-order valence-electron chi connectivity index (χ4n) is 3.11. The van der Waals surface area contributed by atoms with Crippen LogP contribution >= 0.6 is 0 Å². The summed E-state index contributed by atoms with van der Waals surface area (Å²) < 4.78 is 6.01. The van der Waals surface area contributed by atoms with E-state index in [1.165, 1.54) is 6.42 Å². The second-order valence-corrected chi connectivity index (χ2v) is 6.42. The average Bonchev–Trinajstić information content (AvgIpc) is 3.01. The number of hydrogen-bond acceptors (Lipinski definition) is 4. The Kier molecular flexibility index (Phi) is 4.21. The van der Waals surface area contributed by atoms with Crippen molar-refractivity contribution in [3.05, 3.63) is 46.8 Å². The minimum atomic E-state index is -0.144. The molecule has 1 aliphatic heterocycles. The maximum Gasteiger partial charge on any atom is 0.272 e. The van der Waals surface area contributed by atoms with Gasteiger partial charge in [-0.2, -0.15) is 5.10 Å². The van der Waals surface area contributed by atoms with Crippen molar-refractivity contribution in [3.63, 3.8) is 0 Å². The monoisotopic (exact) mass is 326 g/mol. The van der Waals surface area contributed by atoms with Crippen LogP contribution in [0, 0.1) is 0 Å². The molecule has 1 amide bonds. The number of para-hydroxylation sites is 1. The van der Waals surface area contributed by atoms with E-state index >= 15 is 0 Å². The Morgan fingerprint density at radius 2 is 2.21 bits per heavy atom. The minimum absolute atomic E-state index is 0.144. The third-order valence-electron chi connectivity index (χ3n) is 4.78. The highest BCUT2D eigenvalue weighted by atomic mass is 16.5. The summed E-state index contributed by atoms with van der Waals surface area (Å²) in [4.78, 5) is 12.5. The van der Waals surface area contributed by atoms with Crippen LogP contribution in [0.25, 0.3) is 0 Å². The lowest BCUT2D eigenvalue weighted by molar-refractivity contribution is 0.0942. The zero-order valence-electron chi connectivity index (χ0n) is 13.6. The van der Waals surface area contributed by atoms with Crippen molar-refractivity contribution in [2.24, 2.45) is 0 Å². The summed E-state index contributed by atoms with van der Waals surface area (Å²) in [5.74, 6) is 0.725. The van der Waals surface area contributed by atoms with E-state index in [4.69, 9.17) is 4.74 Å². The van der Waals surface area contributed by atoms with Gasteiger partial charge >= 0.3 is 0 Å². The number of fused-ring (bicyclic) bond motifs is 1. The third kappa shape index (κ3) is 3.01. The second kappa shape index (κ2) is 6.65. The molecule has 126 valence electrons. The van der Waals surface area contributed by atoms with Crippen molar-refractivity contribution in [2.75, 3.05) is 6.54 Å². The van der Waals surface area contributed by atoms with Gasteiger partial charge in [0.15, 0.2) is 5.69 Å². The van der Waals surface area contributed by atoms with Gasteiger partial charge in [-0.3, -0.25) is 9.89 Å². The number of benzene rings is 1. The fraction of sp³-hybridized carbons (Fsp3) is 0.444. The molecule has 6 heteroatoms. The van der Waals surface area contributed by atoms with E-state index in [1.54, 1.807) is 0 Å². The number of aromatic nitrogens is 2. The van der Waals surface area contributed by atoms with Crippen LogP contribution in [0.2, 0.25) is 0 Å². The number of hydrogen-bond donors (Lipinski definition) is 3. The highest BCUT2D eigenvalue weighted by Crippen LogP contribution is 2.27. The van der Waals surface area contributed by atoms with Gasteiger partial charge in [0.2, 0.25) is 0 Å². The van der Waals surface area contributed by atoms with Gasteiger partial charge in [0.05, 0.1) is 6.10 Å². The number of ether oxygens (including phenoxy) is 1. The lowest BCUT2D eigenvalue weighted by atomic mass is 9.96. The summed E-state index contributed by atoms with van der Waals surface area (Å²) in [7, 11) is 0. The number of carbonyl (C=O) groups is 1. The molecule has 0 spiro atoms. The predicted molar refractivity (Wildman–Crippen MR) is 89.9 cm³/mol. The lowest BCUT2D eigenvalue weighted by Gasteiger charge is -2.27. The molecule has 0 bridgehead atoms. The highest BCUT2D eigenvalue weighted by molar-refractivity contribution is 5.94. The summed E-state index contributed by atoms with van der Waals surface area (Å²) in [6.07, 6.45) is 4.68. The summed E-state index contributed by atoms with van der Waals surface area (Å²) in [6.45, 7) is 2.05. The van der Waals surface area contributed by atoms with Crippen LogP contribution in [0.15, 0.2) is 24.3 Å². The first kappa shape index (κ1) is 15.2. The standard InChI is InChI=1S/C18H22N4O2/c23-18(17-14-11-19-9-8-15(14)21-22-17)20-10-12-4-1-2-7-16(12)24-13-5-3-6-13/h1-2,4,7,13,19H,3,5-6,8-11H2,(H,20,23)(H,21,22). The highest BCUT2D eigenvalue weighted by Gasteiger charge is 2.22. The van der Waals surface area contributed by atoms with E-state index in [0.29, 0.717) is 24.9 Å². The number of nitrogens with one attached hydrogen (secondary N) is 3. The van der Waals surface area contributed by atoms with E-state index < -0.39 is 0 Å². The van der Waals surface area contributed by atoms with Gasteiger partial charge in [0, 0.05) is 42.9 Å². The molecule has 2 heterocycles. The molecule has 2 aliphatic rings. The minimum Gasteiger partial charge on any atom is -0.490 e. The first-order chi connectivity index (χ1) is 11.8. The first-order valence-corrected chi connectivity index (χ1v) is 8.61. The van der Waals surface area contributed by atoms with Gasteiger partial charge in [0.1, 0.15) is 5.75 Å². The molecule has 0 unspecified atom stereocenters. The number of amides is 1. The smallest absolute Gasteiger partial charge is 0.272 e. The summed E-state index contributed by atoms with van der Waals surface area (Å²) in [5.41, 5.74) is 3.54. The summed E-state index contributed by atoms with van der Waals surface area (Å²) in [5, 5.41) is 13.4. The van der Waals surface area contributed by atoms with Crippen molar-refractivity contribution in [1.29, 1.82) is 0 Å². The Hall–Kier alpha value is -2.34. The van der Waals surface area contributed by atoms with Crippen LogP contribution in [0.5, 0.6) is 5.75 Å². The van der Waals surface area contributed by atoms with Crippen LogP contribution in [0.4, 0.5) is 0 Å². The molecule has 0 atom stereocenters. The average molecular weight is 326 g/mol. The largest absolute Gasteiger partial charge is 0.490 e. The second-order valence-electron chi connectivity index (χ2n) is 6.42. The topological polar surface area (TPSA) is 79.0 Å². The van der Waals surface area contributed by atoms with E-state index in [9.17, 15) is 4.79 Å². The number of rotatable bonds is 5. The molecule has 24 heavy (non-hydrogen) atoms. The van der Waals surface area contributed by atoms with Crippen LogP contribution in [0.3, 0.4) is 0 Å². The van der Waals surface area contributed by atoms with Crippen molar-refractivity contribution >= 4 is 5.91 Å². The van der Waals surface area contributed by atoms with E-state index in [2.05, 4.69) is 20.8 Å². The van der Waals surface area contributed by atoms with Crippen molar-refractivity contribution in [3.8, 4) is 5.75 Å². The molecule has 6 nitrogen and oxygen atoms in total. The maximum absolute atomic E-state index is 12.5. The SMILES string of the molecule is O=C(NCc1ccccc1OC1CCC1)c1n[nH]c2c1CNCC2. The van der Waals surface area contributed by atoms with Crippen LogP contribution in [-0.2, 0) is 19.5 Å². The number of carbonyl (C=O) groups excluding carboxylic acids is 1. The zero-order valence-corrected chi connectivity index (χ0v) is 13.6. The molecule has 0 radical (unpaired) electrons. The molecule has 1 aromatic heterocycles. The summed E-state index contributed by atoms with van der Waals surface area (Å²) in [6, 6.07) is 7.90. The normalized spacial score (nSPS) is 17.0. The number of H-pyrrole nitrogens is 1. The van der Waals surface area contributed by atoms with Gasteiger partial charge in [-0.15, -0.1) is 0 Å². The maximum atomic E-state index is 12.5. The molecule has 1 saturated carbocycles. The van der Waals surface area contributed by atoms with Crippen molar-refractivity contribution in [1.82, 2.24) is 20.8 Å². The Morgan fingerprint density at radius 1 is 1.33 bits per heavy atom. The van der Waals surface area contributed by atoms with E-state index in [0.717, 1.165) is 48.4 Å². The van der Waals surface area contributed by atoms with Gasteiger partial charge in [-0.05, 0) is 25.3 Å². The van der Waals surface area contributed by atoms with Gasteiger partial charge in [-0.25, -0.2) is 0 Å². The van der Waals surface area contributed by atoms with Crippen LogP contribution in [-0.4, -0.2) is 28.8 Å². The molecule has 3 N–H and O–H groups in total.